The van der Waals surface area contributed by atoms with Gasteiger partial charge in [0.2, 0.25) is 0 Å². The third-order valence-corrected chi connectivity index (χ3v) is 3.74. The molecule has 0 saturated heterocycles. The lowest BCUT2D eigenvalue weighted by atomic mass is 9.94. The first kappa shape index (κ1) is 10.8. The number of hydrogen-bond donors (Lipinski definition) is 0. The van der Waals surface area contributed by atoms with Crippen LogP contribution in [-0.4, -0.2) is 15.9 Å². The molecule has 1 aliphatic carbocycles. The fourth-order valence-corrected chi connectivity index (χ4v) is 2.66. The lowest BCUT2D eigenvalue weighted by Crippen LogP contribution is -2.26. The van der Waals surface area contributed by atoms with Gasteiger partial charge >= 0.3 is 0 Å². The van der Waals surface area contributed by atoms with Crippen LogP contribution in [0.5, 0.6) is 0 Å². The SMILES string of the molecule is FC1(F)CCc2nc(-c3cccs3)ncc2C1. The van der Waals surface area contributed by atoms with Crippen LogP contribution in [0.2, 0.25) is 0 Å². The third-order valence-electron chi connectivity index (χ3n) is 2.87. The topological polar surface area (TPSA) is 25.8 Å². The van der Waals surface area contributed by atoms with Gasteiger partial charge in [-0.3, -0.25) is 0 Å². The number of fused-ring (bicyclic) bond motifs is 1. The van der Waals surface area contributed by atoms with Crippen molar-refractivity contribution in [3.63, 3.8) is 0 Å². The molecular weight excluding hydrogens is 242 g/mol. The van der Waals surface area contributed by atoms with Gasteiger partial charge in [0.1, 0.15) is 0 Å². The zero-order valence-electron chi connectivity index (χ0n) is 8.99. The summed E-state index contributed by atoms with van der Waals surface area (Å²) >= 11 is 1.55. The van der Waals surface area contributed by atoms with E-state index in [4.69, 9.17) is 0 Å². The summed E-state index contributed by atoms with van der Waals surface area (Å²) in [6.45, 7) is 0. The highest BCUT2D eigenvalue weighted by atomic mass is 32.1. The van der Waals surface area contributed by atoms with E-state index in [1.165, 1.54) is 0 Å². The largest absolute Gasteiger partial charge is 0.252 e. The zero-order chi connectivity index (χ0) is 11.9. The van der Waals surface area contributed by atoms with Gasteiger partial charge in [-0.15, -0.1) is 11.3 Å². The van der Waals surface area contributed by atoms with Crippen LogP contribution in [-0.2, 0) is 12.8 Å². The Labute approximate surface area is 101 Å². The van der Waals surface area contributed by atoms with Gasteiger partial charge in [0, 0.05) is 24.7 Å². The number of aryl methyl sites for hydroxylation is 1. The molecule has 2 aromatic heterocycles. The maximum absolute atomic E-state index is 13.2. The first-order valence-corrected chi connectivity index (χ1v) is 6.28. The molecule has 3 rings (SSSR count). The van der Waals surface area contributed by atoms with Gasteiger partial charge < -0.3 is 0 Å². The van der Waals surface area contributed by atoms with Crippen molar-refractivity contribution in [1.29, 1.82) is 0 Å². The maximum atomic E-state index is 13.2. The molecule has 2 aromatic rings. The van der Waals surface area contributed by atoms with Gasteiger partial charge in [-0.1, -0.05) is 6.07 Å². The Morgan fingerprint density at radius 1 is 1.35 bits per heavy atom. The van der Waals surface area contributed by atoms with E-state index in [1.807, 2.05) is 17.5 Å². The predicted molar refractivity (Wildman–Crippen MR) is 62.3 cm³/mol. The molecule has 1 aliphatic rings. The van der Waals surface area contributed by atoms with E-state index in [-0.39, 0.29) is 12.8 Å². The van der Waals surface area contributed by atoms with E-state index >= 15 is 0 Å². The van der Waals surface area contributed by atoms with Crippen molar-refractivity contribution in [1.82, 2.24) is 9.97 Å². The minimum Gasteiger partial charge on any atom is -0.236 e. The second-order valence-electron chi connectivity index (χ2n) is 4.18. The van der Waals surface area contributed by atoms with Crippen molar-refractivity contribution < 1.29 is 8.78 Å². The number of alkyl halides is 2. The second kappa shape index (κ2) is 3.84. The van der Waals surface area contributed by atoms with E-state index in [9.17, 15) is 8.78 Å². The molecule has 17 heavy (non-hydrogen) atoms. The summed E-state index contributed by atoms with van der Waals surface area (Å²) in [7, 11) is 0. The molecule has 2 nitrogen and oxygen atoms in total. The summed E-state index contributed by atoms with van der Waals surface area (Å²) in [5, 5.41) is 1.95. The van der Waals surface area contributed by atoms with Gasteiger partial charge in [-0.05, 0) is 23.4 Å². The summed E-state index contributed by atoms with van der Waals surface area (Å²) in [6, 6.07) is 3.86. The fourth-order valence-electron chi connectivity index (χ4n) is 2.00. The lowest BCUT2D eigenvalue weighted by molar-refractivity contribution is -0.0129. The highest BCUT2D eigenvalue weighted by Crippen LogP contribution is 2.32. The minimum atomic E-state index is -2.60. The Bertz CT molecular complexity index is 537. The lowest BCUT2D eigenvalue weighted by Gasteiger charge is -2.23. The van der Waals surface area contributed by atoms with Gasteiger partial charge in [-0.2, -0.15) is 0 Å². The van der Waals surface area contributed by atoms with E-state index in [0.29, 0.717) is 17.8 Å². The van der Waals surface area contributed by atoms with E-state index in [1.54, 1.807) is 17.5 Å². The van der Waals surface area contributed by atoms with Gasteiger partial charge in [0.25, 0.3) is 5.92 Å². The van der Waals surface area contributed by atoms with E-state index in [2.05, 4.69) is 9.97 Å². The van der Waals surface area contributed by atoms with E-state index < -0.39 is 5.92 Å². The van der Waals surface area contributed by atoms with Crippen molar-refractivity contribution >= 4 is 11.3 Å². The molecule has 0 N–H and O–H groups in total. The van der Waals surface area contributed by atoms with E-state index in [0.717, 1.165) is 10.6 Å². The minimum absolute atomic E-state index is 0.110. The molecule has 0 amide bonds. The average molecular weight is 252 g/mol. The molecule has 5 heteroatoms. The van der Waals surface area contributed by atoms with Crippen molar-refractivity contribution in [2.24, 2.45) is 0 Å². The van der Waals surface area contributed by atoms with Crippen LogP contribution < -0.4 is 0 Å². The number of thiophene rings is 1. The van der Waals surface area contributed by atoms with Crippen LogP contribution >= 0.6 is 11.3 Å². The molecule has 0 unspecified atom stereocenters. The molecule has 0 saturated carbocycles. The summed E-state index contributed by atoms with van der Waals surface area (Å²) in [5.74, 6) is -1.95. The van der Waals surface area contributed by atoms with Gasteiger partial charge in [-0.25, -0.2) is 18.7 Å². The molecule has 2 heterocycles. The van der Waals surface area contributed by atoms with Crippen LogP contribution in [0.3, 0.4) is 0 Å². The summed E-state index contributed by atoms with van der Waals surface area (Å²) in [6.07, 6.45) is 1.54. The van der Waals surface area contributed by atoms with Crippen molar-refractivity contribution in [3.8, 4) is 10.7 Å². The standard InChI is InChI=1S/C12H10F2N2S/c13-12(14)4-3-9-8(6-12)7-15-11(16-9)10-2-1-5-17-10/h1-2,5,7H,3-4,6H2. The highest BCUT2D eigenvalue weighted by molar-refractivity contribution is 7.13. The number of rotatable bonds is 1. The fraction of sp³-hybridized carbons (Fsp3) is 0.333. The number of halogens is 2. The van der Waals surface area contributed by atoms with Gasteiger partial charge in [0.15, 0.2) is 5.82 Å². The van der Waals surface area contributed by atoms with Crippen molar-refractivity contribution in [3.05, 3.63) is 35.0 Å². The number of aromatic nitrogens is 2. The average Bonchev–Trinajstić information content (AvgIpc) is 2.81. The molecule has 88 valence electrons. The van der Waals surface area contributed by atoms with Crippen LogP contribution in [0, 0.1) is 0 Å². The summed E-state index contributed by atoms with van der Waals surface area (Å²) in [5.41, 5.74) is 1.36. The number of hydrogen-bond acceptors (Lipinski definition) is 3. The Morgan fingerprint density at radius 2 is 2.24 bits per heavy atom. The Balaban J connectivity index is 1.99. The van der Waals surface area contributed by atoms with Crippen molar-refractivity contribution in [2.45, 2.75) is 25.2 Å². The zero-order valence-corrected chi connectivity index (χ0v) is 9.81. The molecular formula is C12H10F2N2S. The molecule has 0 aromatic carbocycles. The monoisotopic (exact) mass is 252 g/mol. The first-order chi connectivity index (χ1) is 8.14. The smallest absolute Gasteiger partial charge is 0.236 e. The molecule has 0 fully saturated rings. The molecule has 0 aliphatic heterocycles. The quantitative estimate of drug-likeness (QED) is 0.778. The Kier molecular flexibility index (Phi) is 2.43. The normalized spacial score (nSPS) is 17.8. The molecule has 0 bridgehead atoms. The predicted octanol–water partition coefficient (Wildman–Crippen LogP) is 3.33. The van der Waals surface area contributed by atoms with Crippen LogP contribution in [0.15, 0.2) is 23.7 Å². The maximum Gasteiger partial charge on any atom is 0.252 e. The second-order valence-corrected chi connectivity index (χ2v) is 5.12. The highest BCUT2D eigenvalue weighted by Gasteiger charge is 2.34. The number of nitrogens with zero attached hydrogens (tertiary/aromatic N) is 2. The van der Waals surface area contributed by atoms with Crippen LogP contribution in [0.1, 0.15) is 17.7 Å². The summed E-state index contributed by atoms with van der Waals surface area (Å²) < 4.78 is 26.4. The molecule has 0 atom stereocenters. The van der Waals surface area contributed by atoms with Gasteiger partial charge in [0.05, 0.1) is 4.88 Å². The van der Waals surface area contributed by atoms with Crippen LogP contribution in [0.4, 0.5) is 8.78 Å². The van der Waals surface area contributed by atoms with Crippen molar-refractivity contribution in [2.75, 3.05) is 0 Å². The Morgan fingerprint density at radius 3 is 3.00 bits per heavy atom. The third kappa shape index (κ3) is 2.07. The summed E-state index contributed by atoms with van der Waals surface area (Å²) in [4.78, 5) is 9.53. The molecule has 0 spiro atoms. The Hall–Kier alpha value is -1.36. The van der Waals surface area contributed by atoms with Crippen LogP contribution in [0.25, 0.3) is 10.7 Å². The first-order valence-electron chi connectivity index (χ1n) is 5.41. The molecule has 0 radical (unpaired) electrons.